The van der Waals surface area contributed by atoms with Crippen LogP contribution in [0.3, 0.4) is 0 Å². The van der Waals surface area contributed by atoms with E-state index < -0.39 is 29.6 Å². The van der Waals surface area contributed by atoms with Gasteiger partial charge in [-0.25, -0.2) is 9.59 Å². The Morgan fingerprint density at radius 2 is 1.59 bits per heavy atom. The second kappa shape index (κ2) is 11.3. The van der Waals surface area contributed by atoms with Crippen molar-refractivity contribution in [1.29, 1.82) is 0 Å². The van der Waals surface area contributed by atoms with Gasteiger partial charge in [0, 0.05) is 38.0 Å². The lowest BCUT2D eigenvalue weighted by molar-refractivity contribution is -0.147. The number of fused-ring (bicyclic) bond motifs is 3. The van der Waals surface area contributed by atoms with Crippen LogP contribution in [0.2, 0.25) is 0 Å². The molecule has 2 aliphatic rings. The molecular formula is C31H33N3O5. The minimum atomic E-state index is -1.35. The number of carboxylic acid groups (broad SMARTS) is 1. The van der Waals surface area contributed by atoms with Crippen molar-refractivity contribution in [2.75, 3.05) is 19.7 Å². The van der Waals surface area contributed by atoms with Gasteiger partial charge in [0.15, 0.2) is 5.54 Å². The van der Waals surface area contributed by atoms with Crippen LogP contribution in [-0.2, 0) is 20.9 Å². The van der Waals surface area contributed by atoms with Crippen LogP contribution >= 0.6 is 0 Å². The zero-order valence-electron chi connectivity index (χ0n) is 21.9. The lowest BCUT2D eigenvalue weighted by Crippen LogP contribution is -2.57. The molecule has 3 aromatic rings. The third kappa shape index (κ3) is 5.81. The Labute approximate surface area is 228 Å². The number of carbonyl (C=O) groups excluding carboxylic acids is 2. The van der Waals surface area contributed by atoms with Gasteiger partial charge in [0.1, 0.15) is 6.61 Å². The molecule has 3 aromatic carbocycles. The van der Waals surface area contributed by atoms with Gasteiger partial charge in [0.25, 0.3) is 0 Å². The first-order chi connectivity index (χ1) is 18.8. The molecule has 0 saturated carbocycles. The number of likely N-dealkylation sites (tertiary alicyclic amines) is 1. The summed E-state index contributed by atoms with van der Waals surface area (Å²) in [6.45, 7) is 3.28. The predicted molar refractivity (Wildman–Crippen MR) is 147 cm³/mol. The Bertz CT molecular complexity index is 1320. The highest BCUT2D eigenvalue weighted by molar-refractivity contribution is 5.88. The number of hydrogen-bond acceptors (Lipinski definition) is 5. The van der Waals surface area contributed by atoms with Crippen LogP contribution in [0.1, 0.15) is 42.4 Å². The summed E-state index contributed by atoms with van der Waals surface area (Å²) >= 11 is 0. The van der Waals surface area contributed by atoms with Gasteiger partial charge < -0.3 is 20.5 Å². The molecule has 2 unspecified atom stereocenters. The first kappa shape index (κ1) is 26.4. The van der Waals surface area contributed by atoms with E-state index in [9.17, 15) is 19.5 Å². The number of rotatable bonds is 9. The number of nitrogens with zero attached hydrogens (tertiary/aromatic N) is 1. The van der Waals surface area contributed by atoms with Crippen molar-refractivity contribution < 1.29 is 24.2 Å². The molecule has 0 aromatic heterocycles. The molecule has 1 saturated heterocycles. The van der Waals surface area contributed by atoms with Gasteiger partial charge in [-0.2, -0.15) is 0 Å². The minimum Gasteiger partial charge on any atom is -0.479 e. The lowest BCUT2D eigenvalue weighted by Gasteiger charge is -2.27. The third-order valence-electron chi connectivity index (χ3n) is 7.58. The third-order valence-corrected chi connectivity index (χ3v) is 7.58. The van der Waals surface area contributed by atoms with Crippen LogP contribution in [0.25, 0.3) is 11.1 Å². The highest BCUT2D eigenvalue weighted by atomic mass is 16.5. The van der Waals surface area contributed by atoms with Crippen molar-refractivity contribution in [1.82, 2.24) is 15.5 Å². The van der Waals surface area contributed by atoms with E-state index in [1.165, 1.54) is 0 Å². The number of ether oxygens (including phenoxy) is 1. The Morgan fingerprint density at radius 1 is 0.974 bits per heavy atom. The highest BCUT2D eigenvalue weighted by Crippen LogP contribution is 2.44. The Balaban J connectivity index is 1.12. The largest absolute Gasteiger partial charge is 0.479 e. The van der Waals surface area contributed by atoms with Crippen molar-refractivity contribution in [3.8, 4) is 11.1 Å². The van der Waals surface area contributed by atoms with Gasteiger partial charge >= 0.3 is 12.1 Å². The van der Waals surface area contributed by atoms with E-state index in [-0.39, 0.29) is 25.5 Å². The fourth-order valence-corrected chi connectivity index (χ4v) is 5.68. The maximum atomic E-state index is 12.8. The first-order valence-corrected chi connectivity index (χ1v) is 13.3. The molecule has 5 rings (SSSR count). The minimum absolute atomic E-state index is 0.0571. The van der Waals surface area contributed by atoms with Crippen molar-refractivity contribution in [3.05, 3.63) is 95.6 Å². The summed E-state index contributed by atoms with van der Waals surface area (Å²) in [4.78, 5) is 39.6. The molecule has 8 nitrogen and oxygen atoms in total. The molecule has 3 N–H and O–H groups in total. The van der Waals surface area contributed by atoms with E-state index in [0.29, 0.717) is 19.5 Å². The molecule has 2 atom stereocenters. The normalized spacial score (nSPS) is 19.1. The van der Waals surface area contributed by atoms with Crippen LogP contribution < -0.4 is 10.6 Å². The van der Waals surface area contributed by atoms with Gasteiger partial charge in [0.2, 0.25) is 5.91 Å². The molecule has 39 heavy (non-hydrogen) atoms. The fraction of sp³-hybridized carbons (Fsp3) is 0.323. The molecule has 1 aliphatic heterocycles. The van der Waals surface area contributed by atoms with Crippen LogP contribution in [0.15, 0.2) is 78.9 Å². The molecule has 0 bridgehead atoms. The summed E-state index contributed by atoms with van der Waals surface area (Å²) < 4.78 is 5.57. The summed E-state index contributed by atoms with van der Waals surface area (Å²) in [6, 6.07) is 25.5. The second-order valence-corrected chi connectivity index (χ2v) is 10.5. The molecule has 1 aliphatic carbocycles. The Morgan fingerprint density at radius 3 is 2.23 bits per heavy atom. The molecule has 1 heterocycles. The second-order valence-electron chi connectivity index (χ2n) is 10.5. The maximum absolute atomic E-state index is 12.8. The van der Waals surface area contributed by atoms with Crippen LogP contribution in [0, 0.1) is 0 Å². The molecule has 2 amide bonds. The Kier molecular flexibility index (Phi) is 7.65. The fourth-order valence-electron chi connectivity index (χ4n) is 5.68. The number of carboxylic acids is 1. The zero-order valence-corrected chi connectivity index (χ0v) is 21.9. The molecule has 202 valence electrons. The summed E-state index contributed by atoms with van der Waals surface area (Å²) in [5.74, 6) is -1.53. The Hall–Kier alpha value is -4.17. The monoisotopic (exact) mass is 527 g/mol. The van der Waals surface area contributed by atoms with Crippen molar-refractivity contribution in [3.63, 3.8) is 0 Å². The standard InChI is InChI=1S/C31H33N3O5/c1-21(17-28(35)33-31(29(36)37)15-16-34(20-31)18-22-9-3-2-4-10-22)32-30(38)39-19-27-25-13-7-5-11-23(25)24-12-6-8-14-26(24)27/h2-14,21,27H,15-20H2,1H3,(H,32,38)(H,33,35)(H,36,37). The van der Waals surface area contributed by atoms with Crippen molar-refractivity contribution in [2.45, 2.75) is 43.8 Å². The summed E-state index contributed by atoms with van der Waals surface area (Å²) in [5, 5.41) is 15.4. The average Bonchev–Trinajstić information content (AvgIpc) is 3.47. The number of alkyl carbamates (subject to hydrolysis) is 1. The molecular weight excluding hydrogens is 494 g/mol. The number of amides is 2. The van der Waals surface area contributed by atoms with E-state index in [4.69, 9.17) is 4.74 Å². The SMILES string of the molecule is CC(CC(=O)NC1(C(=O)O)CCN(Cc2ccccc2)C1)NC(=O)OCC1c2ccccc2-c2ccccc21. The van der Waals surface area contributed by atoms with E-state index in [2.05, 4.69) is 34.9 Å². The van der Waals surface area contributed by atoms with Gasteiger partial charge in [-0.15, -0.1) is 0 Å². The quantitative estimate of drug-likeness (QED) is 0.386. The van der Waals surface area contributed by atoms with Crippen LogP contribution in [-0.4, -0.2) is 59.3 Å². The van der Waals surface area contributed by atoms with E-state index in [1.54, 1.807) is 6.92 Å². The summed E-state index contributed by atoms with van der Waals surface area (Å²) in [5.41, 5.74) is 4.27. The van der Waals surface area contributed by atoms with E-state index >= 15 is 0 Å². The predicted octanol–water partition coefficient (Wildman–Crippen LogP) is 4.15. The maximum Gasteiger partial charge on any atom is 0.407 e. The lowest BCUT2D eigenvalue weighted by atomic mass is 9.98. The zero-order chi connectivity index (χ0) is 27.4. The number of aliphatic carboxylic acids is 1. The van der Waals surface area contributed by atoms with Crippen LogP contribution in [0.4, 0.5) is 4.79 Å². The van der Waals surface area contributed by atoms with E-state index in [0.717, 1.165) is 27.8 Å². The molecule has 0 spiro atoms. The van der Waals surface area contributed by atoms with Crippen LogP contribution in [0.5, 0.6) is 0 Å². The van der Waals surface area contributed by atoms with Crippen molar-refractivity contribution in [2.24, 2.45) is 0 Å². The van der Waals surface area contributed by atoms with Gasteiger partial charge in [-0.3, -0.25) is 9.69 Å². The number of nitrogens with one attached hydrogen (secondary N) is 2. The smallest absolute Gasteiger partial charge is 0.407 e. The number of carbonyl (C=O) groups is 3. The van der Waals surface area contributed by atoms with Crippen molar-refractivity contribution >= 4 is 18.0 Å². The van der Waals surface area contributed by atoms with E-state index in [1.807, 2.05) is 59.5 Å². The topological polar surface area (TPSA) is 108 Å². The highest BCUT2D eigenvalue weighted by Gasteiger charge is 2.46. The first-order valence-electron chi connectivity index (χ1n) is 13.3. The molecule has 1 fully saturated rings. The molecule has 0 radical (unpaired) electrons. The molecule has 8 heteroatoms. The van der Waals surface area contributed by atoms with Gasteiger partial charge in [0.05, 0.1) is 0 Å². The summed E-state index contributed by atoms with van der Waals surface area (Å²) in [7, 11) is 0. The average molecular weight is 528 g/mol. The number of hydrogen-bond donors (Lipinski definition) is 3. The summed E-state index contributed by atoms with van der Waals surface area (Å²) in [6.07, 6.45) is -0.354. The number of benzene rings is 3. The van der Waals surface area contributed by atoms with Gasteiger partial charge in [-0.1, -0.05) is 78.9 Å². The van der Waals surface area contributed by atoms with Gasteiger partial charge in [-0.05, 0) is 41.2 Å².